The van der Waals surface area contributed by atoms with Gasteiger partial charge in [0.2, 0.25) is 0 Å². The lowest BCUT2D eigenvalue weighted by molar-refractivity contribution is 0.0177. The summed E-state index contributed by atoms with van der Waals surface area (Å²) in [5.74, 6) is 1.51. The lowest BCUT2D eigenvalue weighted by Gasteiger charge is -2.45. The molecule has 1 aliphatic rings. The zero-order valence-electron chi connectivity index (χ0n) is 11.0. The fraction of sp³-hybridized carbons (Fsp3) is 0.571. The first kappa shape index (κ1) is 13.2. The maximum atomic E-state index is 9.61. The lowest BCUT2D eigenvalue weighted by atomic mass is 9.63. The van der Waals surface area contributed by atoms with E-state index in [1.807, 2.05) is 18.2 Å². The normalized spacial score (nSPS) is 18.9. The van der Waals surface area contributed by atoms with Crippen LogP contribution in [0.4, 0.5) is 0 Å². The summed E-state index contributed by atoms with van der Waals surface area (Å²) in [6.45, 7) is 0.120. The molecule has 1 unspecified atom stereocenters. The van der Waals surface area contributed by atoms with Crippen LogP contribution in [0.3, 0.4) is 0 Å². The zero-order valence-corrected chi connectivity index (χ0v) is 11.0. The number of benzene rings is 1. The molecule has 4 nitrogen and oxygen atoms in total. The first-order valence-electron chi connectivity index (χ1n) is 6.25. The van der Waals surface area contributed by atoms with Crippen LogP contribution >= 0.6 is 0 Å². The van der Waals surface area contributed by atoms with E-state index in [1.165, 1.54) is 0 Å². The molecule has 3 N–H and O–H groups in total. The van der Waals surface area contributed by atoms with Gasteiger partial charge in [0, 0.05) is 17.0 Å². The molecule has 1 saturated carbocycles. The molecule has 0 bridgehead atoms. The SMILES string of the molecule is COc1ccc(OC)c(C(N)C2(CO)CCC2)c1. The largest absolute Gasteiger partial charge is 0.497 e. The Morgan fingerprint density at radius 3 is 2.50 bits per heavy atom. The summed E-state index contributed by atoms with van der Waals surface area (Å²) in [6, 6.07) is 5.39. The second-order valence-corrected chi connectivity index (χ2v) is 4.96. The maximum absolute atomic E-state index is 9.61. The Balaban J connectivity index is 2.35. The van der Waals surface area contributed by atoms with E-state index in [4.69, 9.17) is 15.2 Å². The van der Waals surface area contributed by atoms with Crippen molar-refractivity contribution in [2.75, 3.05) is 20.8 Å². The van der Waals surface area contributed by atoms with Gasteiger partial charge in [-0.15, -0.1) is 0 Å². The maximum Gasteiger partial charge on any atom is 0.123 e. The van der Waals surface area contributed by atoms with Crippen LogP contribution in [0.25, 0.3) is 0 Å². The van der Waals surface area contributed by atoms with Crippen LogP contribution in [0.5, 0.6) is 11.5 Å². The minimum absolute atomic E-state index is 0.120. The van der Waals surface area contributed by atoms with Crippen LogP contribution < -0.4 is 15.2 Å². The standard InChI is InChI=1S/C14H21NO3/c1-17-10-4-5-12(18-2)11(8-10)13(15)14(9-16)6-3-7-14/h4-5,8,13,16H,3,6-7,9,15H2,1-2H3. The Kier molecular flexibility index (Phi) is 3.78. The Hall–Kier alpha value is -1.26. The third-order valence-electron chi connectivity index (χ3n) is 4.10. The van der Waals surface area contributed by atoms with Gasteiger partial charge in [-0.3, -0.25) is 0 Å². The topological polar surface area (TPSA) is 64.7 Å². The predicted octanol–water partition coefficient (Wildman–Crippen LogP) is 1.87. The second-order valence-electron chi connectivity index (χ2n) is 4.96. The molecule has 1 aromatic carbocycles. The quantitative estimate of drug-likeness (QED) is 0.838. The molecule has 0 radical (unpaired) electrons. The molecule has 0 spiro atoms. The Morgan fingerprint density at radius 2 is 2.06 bits per heavy atom. The van der Waals surface area contributed by atoms with E-state index >= 15 is 0 Å². The molecule has 0 saturated heterocycles. The molecule has 1 aliphatic carbocycles. The Morgan fingerprint density at radius 1 is 1.33 bits per heavy atom. The molecule has 1 aromatic rings. The first-order chi connectivity index (χ1) is 8.66. The van der Waals surface area contributed by atoms with Crippen LogP contribution in [0.15, 0.2) is 18.2 Å². The molecular weight excluding hydrogens is 230 g/mol. The summed E-state index contributed by atoms with van der Waals surface area (Å²) < 4.78 is 10.6. The molecule has 0 amide bonds. The molecule has 100 valence electrons. The number of aliphatic hydroxyl groups excluding tert-OH is 1. The Bertz CT molecular complexity index is 410. The monoisotopic (exact) mass is 251 g/mol. The van der Waals surface area contributed by atoms with Gasteiger partial charge in [-0.25, -0.2) is 0 Å². The van der Waals surface area contributed by atoms with E-state index in [2.05, 4.69) is 0 Å². The predicted molar refractivity (Wildman–Crippen MR) is 69.8 cm³/mol. The van der Waals surface area contributed by atoms with Crippen LogP contribution in [0, 0.1) is 5.41 Å². The van der Waals surface area contributed by atoms with Crippen LogP contribution in [-0.4, -0.2) is 25.9 Å². The third kappa shape index (κ3) is 2.06. The fourth-order valence-corrected chi connectivity index (χ4v) is 2.61. The number of hydrogen-bond donors (Lipinski definition) is 2. The van der Waals surface area contributed by atoms with Gasteiger partial charge in [0.25, 0.3) is 0 Å². The highest BCUT2D eigenvalue weighted by Crippen LogP contribution is 2.50. The molecule has 2 rings (SSSR count). The average molecular weight is 251 g/mol. The molecule has 1 fully saturated rings. The lowest BCUT2D eigenvalue weighted by Crippen LogP contribution is -2.43. The average Bonchev–Trinajstić information content (AvgIpc) is 2.37. The fourth-order valence-electron chi connectivity index (χ4n) is 2.61. The molecule has 18 heavy (non-hydrogen) atoms. The van der Waals surface area contributed by atoms with Gasteiger partial charge >= 0.3 is 0 Å². The minimum atomic E-state index is -0.221. The number of ether oxygens (including phenoxy) is 2. The van der Waals surface area contributed by atoms with Gasteiger partial charge in [-0.1, -0.05) is 6.42 Å². The number of nitrogens with two attached hydrogens (primary N) is 1. The molecule has 4 heteroatoms. The van der Waals surface area contributed by atoms with Crippen molar-refractivity contribution in [3.05, 3.63) is 23.8 Å². The molecule has 0 heterocycles. The third-order valence-corrected chi connectivity index (χ3v) is 4.10. The van der Waals surface area contributed by atoms with Gasteiger partial charge in [-0.05, 0) is 31.0 Å². The summed E-state index contributed by atoms with van der Waals surface area (Å²) in [5.41, 5.74) is 7.06. The highest BCUT2D eigenvalue weighted by molar-refractivity contribution is 5.43. The summed E-state index contributed by atoms with van der Waals surface area (Å²) >= 11 is 0. The van der Waals surface area contributed by atoms with Crippen LogP contribution in [0.1, 0.15) is 30.9 Å². The van der Waals surface area contributed by atoms with Crippen molar-refractivity contribution in [3.63, 3.8) is 0 Å². The van der Waals surface area contributed by atoms with E-state index in [9.17, 15) is 5.11 Å². The van der Waals surface area contributed by atoms with Crippen molar-refractivity contribution in [2.45, 2.75) is 25.3 Å². The molecule has 0 aromatic heterocycles. The van der Waals surface area contributed by atoms with Crippen LogP contribution in [0.2, 0.25) is 0 Å². The zero-order chi connectivity index (χ0) is 13.2. The molecule has 0 aliphatic heterocycles. The van der Waals surface area contributed by atoms with E-state index in [1.54, 1.807) is 14.2 Å². The minimum Gasteiger partial charge on any atom is -0.497 e. The highest BCUT2D eigenvalue weighted by atomic mass is 16.5. The van der Waals surface area contributed by atoms with Crippen molar-refractivity contribution in [2.24, 2.45) is 11.1 Å². The molecular formula is C14H21NO3. The highest BCUT2D eigenvalue weighted by Gasteiger charge is 2.43. The van der Waals surface area contributed by atoms with E-state index in [0.717, 1.165) is 36.3 Å². The van der Waals surface area contributed by atoms with Crippen molar-refractivity contribution < 1.29 is 14.6 Å². The summed E-state index contributed by atoms with van der Waals surface area (Å²) in [5, 5.41) is 9.61. The summed E-state index contributed by atoms with van der Waals surface area (Å²) in [6.07, 6.45) is 3.05. The van der Waals surface area contributed by atoms with E-state index in [-0.39, 0.29) is 18.1 Å². The van der Waals surface area contributed by atoms with Gasteiger partial charge in [0.05, 0.1) is 20.8 Å². The molecule has 1 atom stereocenters. The Labute approximate surface area is 108 Å². The van der Waals surface area contributed by atoms with E-state index < -0.39 is 0 Å². The van der Waals surface area contributed by atoms with Gasteiger partial charge < -0.3 is 20.3 Å². The summed E-state index contributed by atoms with van der Waals surface area (Å²) in [7, 11) is 3.26. The van der Waals surface area contributed by atoms with E-state index in [0.29, 0.717) is 0 Å². The number of aliphatic hydroxyl groups is 1. The van der Waals surface area contributed by atoms with Gasteiger partial charge in [0.15, 0.2) is 0 Å². The van der Waals surface area contributed by atoms with Gasteiger partial charge in [0.1, 0.15) is 11.5 Å². The second kappa shape index (κ2) is 5.16. The smallest absolute Gasteiger partial charge is 0.123 e. The number of hydrogen-bond acceptors (Lipinski definition) is 4. The first-order valence-corrected chi connectivity index (χ1v) is 6.25. The number of methoxy groups -OCH3 is 2. The van der Waals surface area contributed by atoms with Crippen molar-refractivity contribution in [1.82, 2.24) is 0 Å². The van der Waals surface area contributed by atoms with Crippen molar-refractivity contribution in [3.8, 4) is 11.5 Å². The summed E-state index contributed by atoms with van der Waals surface area (Å²) in [4.78, 5) is 0. The van der Waals surface area contributed by atoms with Crippen molar-refractivity contribution in [1.29, 1.82) is 0 Å². The van der Waals surface area contributed by atoms with Crippen LogP contribution in [-0.2, 0) is 0 Å². The van der Waals surface area contributed by atoms with Gasteiger partial charge in [-0.2, -0.15) is 0 Å². The van der Waals surface area contributed by atoms with Crippen molar-refractivity contribution >= 4 is 0 Å². The number of rotatable bonds is 5.